The first-order valence-electron chi connectivity index (χ1n) is 8.58. The van der Waals surface area contributed by atoms with Crippen molar-refractivity contribution in [2.24, 2.45) is 5.41 Å². The van der Waals surface area contributed by atoms with Gasteiger partial charge in [0.25, 0.3) is 0 Å². The van der Waals surface area contributed by atoms with Gasteiger partial charge in [0.1, 0.15) is 5.75 Å². The Kier molecular flexibility index (Phi) is 4.99. The molecule has 0 spiro atoms. The van der Waals surface area contributed by atoms with E-state index in [4.69, 9.17) is 5.11 Å². The number of aryl methyl sites for hydroxylation is 1. The summed E-state index contributed by atoms with van der Waals surface area (Å²) < 4.78 is 0. The van der Waals surface area contributed by atoms with Crippen molar-refractivity contribution >= 4 is 5.97 Å². The maximum absolute atomic E-state index is 11.0. The molecule has 134 valence electrons. The summed E-state index contributed by atoms with van der Waals surface area (Å²) in [6.45, 7) is 12.8. The van der Waals surface area contributed by atoms with Crippen LogP contribution < -0.4 is 0 Å². The molecular formula is C22H28O3. The molecule has 0 amide bonds. The minimum absolute atomic E-state index is 0.142. The molecule has 0 saturated heterocycles. The van der Waals surface area contributed by atoms with Crippen LogP contribution in [0.15, 0.2) is 36.4 Å². The van der Waals surface area contributed by atoms with Gasteiger partial charge < -0.3 is 10.2 Å². The number of phenols is 1. The zero-order chi connectivity index (χ0) is 19.0. The first kappa shape index (κ1) is 19.0. The summed E-state index contributed by atoms with van der Waals surface area (Å²) in [6, 6.07) is 10.8. The molecule has 0 radical (unpaired) electrons. The van der Waals surface area contributed by atoms with Crippen molar-refractivity contribution in [2.75, 3.05) is 0 Å². The molecule has 3 heteroatoms. The molecule has 2 rings (SSSR count). The Bertz CT molecular complexity index is 778. The molecule has 0 atom stereocenters. The Balaban J connectivity index is 2.52. The third kappa shape index (κ3) is 4.41. The van der Waals surface area contributed by atoms with Crippen LogP contribution in [0.4, 0.5) is 0 Å². The van der Waals surface area contributed by atoms with E-state index in [1.54, 1.807) is 12.1 Å². The van der Waals surface area contributed by atoms with Gasteiger partial charge in [0.05, 0.1) is 5.56 Å². The molecule has 0 aliphatic carbocycles. The Morgan fingerprint density at radius 1 is 0.960 bits per heavy atom. The fourth-order valence-corrected chi connectivity index (χ4v) is 3.69. The van der Waals surface area contributed by atoms with Crippen LogP contribution in [0.25, 0.3) is 11.1 Å². The van der Waals surface area contributed by atoms with Crippen LogP contribution in [0.3, 0.4) is 0 Å². The summed E-state index contributed by atoms with van der Waals surface area (Å²) in [7, 11) is 0. The van der Waals surface area contributed by atoms with Crippen LogP contribution in [-0.4, -0.2) is 16.2 Å². The highest BCUT2D eigenvalue weighted by molar-refractivity contribution is 5.88. The van der Waals surface area contributed by atoms with Crippen LogP contribution in [0, 0.1) is 12.3 Å². The number of phenolic OH excluding ortho intramolecular Hbond substituents is 1. The lowest BCUT2D eigenvalue weighted by molar-refractivity contribution is 0.0697. The number of aromatic hydroxyl groups is 1. The largest absolute Gasteiger partial charge is 0.507 e. The van der Waals surface area contributed by atoms with Crippen LogP contribution >= 0.6 is 0 Å². The second-order valence-electron chi connectivity index (χ2n) is 8.69. The fourth-order valence-electron chi connectivity index (χ4n) is 3.69. The van der Waals surface area contributed by atoms with Gasteiger partial charge in [-0.05, 0) is 65.1 Å². The molecule has 25 heavy (non-hydrogen) atoms. The van der Waals surface area contributed by atoms with Gasteiger partial charge in [-0.2, -0.15) is 0 Å². The highest BCUT2D eigenvalue weighted by Gasteiger charge is 2.30. The summed E-state index contributed by atoms with van der Waals surface area (Å²) in [5.74, 6) is -0.583. The van der Waals surface area contributed by atoms with E-state index < -0.39 is 5.97 Å². The van der Waals surface area contributed by atoms with Crippen LogP contribution in [-0.2, 0) is 5.41 Å². The zero-order valence-electron chi connectivity index (χ0n) is 16.0. The highest BCUT2D eigenvalue weighted by atomic mass is 16.4. The van der Waals surface area contributed by atoms with Gasteiger partial charge in [-0.1, -0.05) is 46.8 Å². The van der Waals surface area contributed by atoms with E-state index in [9.17, 15) is 9.90 Å². The van der Waals surface area contributed by atoms with Gasteiger partial charge in [-0.3, -0.25) is 0 Å². The lowest BCUT2D eigenvalue weighted by Crippen LogP contribution is -2.25. The number of rotatable bonds is 4. The Morgan fingerprint density at radius 3 is 2.00 bits per heavy atom. The van der Waals surface area contributed by atoms with Crippen molar-refractivity contribution in [3.63, 3.8) is 0 Å². The molecule has 0 aromatic heterocycles. The van der Waals surface area contributed by atoms with E-state index in [0.717, 1.165) is 28.7 Å². The van der Waals surface area contributed by atoms with Crippen LogP contribution in [0.2, 0.25) is 0 Å². The smallest absolute Gasteiger partial charge is 0.335 e. The molecule has 0 aliphatic rings. The number of benzene rings is 2. The first-order valence-corrected chi connectivity index (χ1v) is 8.58. The standard InChI is InChI=1S/C22H28O3/c1-14-11-17(15-7-9-16(10-8-15)20(24)25)12-18(19(14)23)22(5,6)13-21(2,3)4/h7-12,23H,13H2,1-6H3,(H,24,25). The summed E-state index contributed by atoms with van der Waals surface area (Å²) in [5, 5.41) is 19.7. The van der Waals surface area contributed by atoms with Crippen molar-refractivity contribution in [2.45, 2.75) is 53.4 Å². The molecule has 3 nitrogen and oxygen atoms in total. The fraction of sp³-hybridized carbons (Fsp3) is 0.409. The van der Waals surface area contributed by atoms with E-state index in [-0.39, 0.29) is 16.4 Å². The lowest BCUT2D eigenvalue weighted by atomic mass is 9.71. The predicted molar refractivity (Wildman–Crippen MR) is 102 cm³/mol. The third-order valence-electron chi connectivity index (χ3n) is 4.47. The van der Waals surface area contributed by atoms with Crippen molar-refractivity contribution in [1.82, 2.24) is 0 Å². The number of carbonyl (C=O) groups is 1. The molecule has 2 N–H and O–H groups in total. The molecule has 0 unspecified atom stereocenters. The van der Waals surface area contributed by atoms with Gasteiger partial charge in [0.2, 0.25) is 0 Å². The minimum Gasteiger partial charge on any atom is -0.507 e. The molecule has 0 bridgehead atoms. The van der Waals surface area contributed by atoms with Crippen molar-refractivity contribution in [3.8, 4) is 16.9 Å². The third-order valence-corrected chi connectivity index (χ3v) is 4.47. The number of hydrogen-bond acceptors (Lipinski definition) is 2. The summed E-state index contributed by atoms with van der Waals surface area (Å²) >= 11 is 0. The monoisotopic (exact) mass is 340 g/mol. The van der Waals surface area contributed by atoms with Crippen molar-refractivity contribution in [1.29, 1.82) is 0 Å². The van der Waals surface area contributed by atoms with Crippen LogP contribution in [0.1, 0.15) is 62.5 Å². The number of carboxylic acid groups (broad SMARTS) is 1. The maximum atomic E-state index is 11.0. The molecule has 2 aromatic carbocycles. The Morgan fingerprint density at radius 2 is 1.52 bits per heavy atom. The van der Waals surface area contributed by atoms with E-state index in [1.807, 2.05) is 31.2 Å². The second kappa shape index (κ2) is 6.55. The molecule has 0 heterocycles. The van der Waals surface area contributed by atoms with E-state index in [1.165, 1.54) is 0 Å². The maximum Gasteiger partial charge on any atom is 0.335 e. The van der Waals surface area contributed by atoms with E-state index in [0.29, 0.717) is 5.75 Å². The molecule has 2 aromatic rings. The minimum atomic E-state index is -0.930. The van der Waals surface area contributed by atoms with Gasteiger partial charge in [0.15, 0.2) is 0 Å². The number of aromatic carboxylic acids is 1. The molecule has 0 saturated carbocycles. The van der Waals surface area contributed by atoms with Crippen molar-refractivity contribution in [3.05, 3.63) is 53.1 Å². The lowest BCUT2D eigenvalue weighted by Gasteiger charge is -2.34. The summed E-state index contributed by atoms with van der Waals surface area (Å²) in [6.07, 6.45) is 0.939. The molecule has 0 aliphatic heterocycles. The average Bonchev–Trinajstić information content (AvgIpc) is 2.47. The van der Waals surface area contributed by atoms with Gasteiger partial charge in [-0.25, -0.2) is 4.79 Å². The molecule has 0 fully saturated rings. The van der Waals surface area contributed by atoms with E-state index in [2.05, 4.69) is 34.6 Å². The van der Waals surface area contributed by atoms with E-state index >= 15 is 0 Å². The average molecular weight is 340 g/mol. The Labute approximate surface area is 150 Å². The number of carboxylic acids is 1. The van der Waals surface area contributed by atoms with Gasteiger partial charge in [0, 0.05) is 5.56 Å². The quantitative estimate of drug-likeness (QED) is 0.741. The normalized spacial score (nSPS) is 12.2. The SMILES string of the molecule is Cc1cc(-c2ccc(C(=O)O)cc2)cc(C(C)(C)CC(C)(C)C)c1O. The highest BCUT2D eigenvalue weighted by Crippen LogP contribution is 2.42. The van der Waals surface area contributed by atoms with Crippen LogP contribution in [0.5, 0.6) is 5.75 Å². The van der Waals surface area contributed by atoms with Gasteiger partial charge >= 0.3 is 5.97 Å². The van der Waals surface area contributed by atoms with Gasteiger partial charge in [-0.15, -0.1) is 0 Å². The summed E-state index contributed by atoms with van der Waals surface area (Å²) in [4.78, 5) is 11.0. The predicted octanol–water partition coefficient (Wildman–Crippen LogP) is 5.78. The topological polar surface area (TPSA) is 57.5 Å². The number of hydrogen-bond donors (Lipinski definition) is 2. The van der Waals surface area contributed by atoms with Crippen molar-refractivity contribution < 1.29 is 15.0 Å². The second-order valence-corrected chi connectivity index (χ2v) is 8.69. The summed E-state index contributed by atoms with van der Waals surface area (Å²) in [5.41, 5.74) is 3.93. The molecular weight excluding hydrogens is 312 g/mol. The Hall–Kier alpha value is -2.29. The zero-order valence-corrected chi connectivity index (χ0v) is 16.0. The first-order chi connectivity index (χ1) is 11.4.